The molecule has 0 atom stereocenters. The number of carbonyl (C=O) groups is 2. The van der Waals surface area contributed by atoms with Crippen molar-refractivity contribution >= 4 is 23.2 Å². The topological polar surface area (TPSA) is 53.5 Å². The Bertz CT molecular complexity index is 1090. The predicted molar refractivity (Wildman–Crippen MR) is 114 cm³/mol. The highest BCUT2D eigenvalue weighted by Gasteiger charge is 2.27. The summed E-state index contributed by atoms with van der Waals surface area (Å²) in [5, 5.41) is 0.803. The molecule has 0 radical (unpaired) electrons. The smallest absolute Gasteiger partial charge is 0.265 e. The minimum absolute atomic E-state index is 0.0887. The number of benzene rings is 2. The zero-order chi connectivity index (χ0) is 22.0. The molecule has 1 saturated heterocycles. The first-order valence-electron chi connectivity index (χ1n) is 9.95. The molecule has 1 aromatic heterocycles. The standard InChI is InChI=1S/C23H21F2N3O2S/c1-15-21(31-20(26-15)14-16-2-6-18(24)7-3-16)23(30)28-12-10-27(11-13-28)22(29)17-4-8-19(25)9-5-17/h2-9H,10-14H2,1H3. The van der Waals surface area contributed by atoms with Crippen molar-refractivity contribution in [2.75, 3.05) is 26.2 Å². The molecule has 31 heavy (non-hydrogen) atoms. The maximum atomic E-state index is 13.1. The minimum Gasteiger partial charge on any atom is -0.335 e. The van der Waals surface area contributed by atoms with Crippen LogP contribution in [0.4, 0.5) is 8.78 Å². The Morgan fingerprint density at radius 2 is 1.39 bits per heavy atom. The molecule has 0 unspecified atom stereocenters. The van der Waals surface area contributed by atoms with E-state index in [1.807, 2.05) is 6.92 Å². The molecule has 1 aliphatic heterocycles. The summed E-state index contributed by atoms with van der Waals surface area (Å²) >= 11 is 1.35. The first kappa shape index (κ1) is 21.1. The molecule has 2 aromatic carbocycles. The second-order valence-corrected chi connectivity index (χ2v) is 8.50. The zero-order valence-corrected chi connectivity index (χ0v) is 17.8. The number of nitrogens with zero attached hydrogens (tertiary/aromatic N) is 3. The van der Waals surface area contributed by atoms with Crippen LogP contribution in [0.15, 0.2) is 48.5 Å². The van der Waals surface area contributed by atoms with Gasteiger partial charge in [0.1, 0.15) is 16.5 Å². The van der Waals surface area contributed by atoms with Gasteiger partial charge in [-0.1, -0.05) is 12.1 Å². The van der Waals surface area contributed by atoms with Crippen molar-refractivity contribution in [1.82, 2.24) is 14.8 Å². The van der Waals surface area contributed by atoms with E-state index < -0.39 is 0 Å². The number of aryl methyl sites for hydroxylation is 1. The third-order valence-corrected chi connectivity index (χ3v) is 6.39. The molecule has 160 valence electrons. The lowest BCUT2D eigenvalue weighted by Crippen LogP contribution is -2.50. The van der Waals surface area contributed by atoms with Crippen LogP contribution in [-0.2, 0) is 6.42 Å². The van der Waals surface area contributed by atoms with Gasteiger partial charge in [-0.15, -0.1) is 11.3 Å². The van der Waals surface area contributed by atoms with Gasteiger partial charge in [0.2, 0.25) is 0 Å². The molecule has 3 aromatic rings. The lowest BCUT2D eigenvalue weighted by atomic mass is 10.1. The second-order valence-electron chi connectivity index (χ2n) is 7.42. The molecule has 0 N–H and O–H groups in total. The van der Waals surface area contributed by atoms with Gasteiger partial charge in [-0.05, 0) is 48.9 Å². The first-order valence-corrected chi connectivity index (χ1v) is 10.8. The molecule has 8 heteroatoms. The van der Waals surface area contributed by atoms with Gasteiger partial charge in [0.25, 0.3) is 11.8 Å². The van der Waals surface area contributed by atoms with Gasteiger partial charge in [0, 0.05) is 38.2 Å². The van der Waals surface area contributed by atoms with Crippen molar-refractivity contribution in [1.29, 1.82) is 0 Å². The van der Waals surface area contributed by atoms with Gasteiger partial charge >= 0.3 is 0 Å². The average molecular weight is 442 g/mol. The van der Waals surface area contributed by atoms with Crippen LogP contribution in [0.25, 0.3) is 0 Å². The van der Waals surface area contributed by atoms with E-state index in [4.69, 9.17) is 0 Å². The number of thiazole rings is 1. The summed E-state index contributed by atoms with van der Waals surface area (Å²) in [6, 6.07) is 11.7. The van der Waals surface area contributed by atoms with Gasteiger partial charge in [-0.2, -0.15) is 0 Å². The van der Waals surface area contributed by atoms with Gasteiger partial charge in [-0.3, -0.25) is 9.59 Å². The van der Waals surface area contributed by atoms with Crippen molar-refractivity contribution in [3.8, 4) is 0 Å². The Kier molecular flexibility index (Phi) is 6.08. The fourth-order valence-electron chi connectivity index (χ4n) is 3.53. The Morgan fingerprint density at radius 3 is 1.97 bits per heavy atom. The number of hydrogen-bond donors (Lipinski definition) is 0. The fraction of sp³-hybridized carbons (Fsp3) is 0.261. The fourth-order valence-corrected chi connectivity index (χ4v) is 4.60. The molecular formula is C23H21F2N3O2S. The van der Waals surface area contributed by atoms with Crippen molar-refractivity contribution in [2.24, 2.45) is 0 Å². The Morgan fingerprint density at radius 1 is 0.871 bits per heavy atom. The van der Waals surface area contributed by atoms with E-state index in [1.165, 1.54) is 47.7 Å². The number of halogens is 2. The van der Waals surface area contributed by atoms with Crippen molar-refractivity contribution in [2.45, 2.75) is 13.3 Å². The molecule has 0 saturated carbocycles. The second kappa shape index (κ2) is 8.93. The SMILES string of the molecule is Cc1nc(Cc2ccc(F)cc2)sc1C(=O)N1CCN(C(=O)c2ccc(F)cc2)CC1. The molecule has 2 heterocycles. The molecular weight excluding hydrogens is 420 g/mol. The van der Waals surface area contributed by atoms with Crippen LogP contribution >= 0.6 is 11.3 Å². The highest BCUT2D eigenvalue weighted by Crippen LogP contribution is 2.23. The summed E-state index contributed by atoms with van der Waals surface area (Å²) in [5.41, 5.74) is 2.05. The van der Waals surface area contributed by atoms with Crippen LogP contribution in [0.1, 0.15) is 36.3 Å². The lowest BCUT2D eigenvalue weighted by molar-refractivity contribution is 0.0537. The molecule has 1 fully saturated rings. The summed E-state index contributed by atoms with van der Waals surface area (Å²) in [7, 11) is 0. The van der Waals surface area contributed by atoms with E-state index in [0.29, 0.717) is 48.7 Å². The van der Waals surface area contributed by atoms with Crippen LogP contribution in [0.5, 0.6) is 0 Å². The maximum absolute atomic E-state index is 13.1. The predicted octanol–water partition coefficient (Wildman–Crippen LogP) is 3.92. The van der Waals surface area contributed by atoms with Crippen molar-refractivity contribution in [3.05, 3.63) is 86.9 Å². The number of piperazine rings is 1. The molecule has 5 nitrogen and oxygen atoms in total. The zero-order valence-electron chi connectivity index (χ0n) is 17.0. The van der Waals surface area contributed by atoms with Crippen LogP contribution < -0.4 is 0 Å². The van der Waals surface area contributed by atoms with E-state index in [-0.39, 0.29) is 23.4 Å². The van der Waals surface area contributed by atoms with E-state index >= 15 is 0 Å². The summed E-state index contributed by atoms with van der Waals surface area (Å²) in [6.07, 6.45) is 0.541. The van der Waals surface area contributed by atoms with E-state index in [9.17, 15) is 18.4 Å². The first-order chi connectivity index (χ1) is 14.9. The van der Waals surface area contributed by atoms with E-state index in [0.717, 1.165) is 10.6 Å². The molecule has 0 aliphatic carbocycles. The van der Waals surface area contributed by atoms with Crippen molar-refractivity contribution in [3.63, 3.8) is 0 Å². The molecule has 2 amide bonds. The number of aromatic nitrogens is 1. The number of carbonyl (C=O) groups excluding carboxylic acids is 2. The quantitative estimate of drug-likeness (QED) is 0.617. The van der Waals surface area contributed by atoms with Crippen molar-refractivity contribution < 1.29 is 18.4 Å². The lowest BCUT2D eigenvalue weighted by Gasteiger charge is -2.34. The summed E-state index contributed by atoms with van der Waals surface area (Å²) in [4.78, 5) is 34.1. The summed E-state index contributed by atoms with van der Waals surface area (Å²) in [5.74, 6) is -0.922. The van der Waals surface area contributed by atoms with Gasteiger partial charge < -0.3 is 9.80 Å². The number of amides is 2. The average Bonchev–Trinajstić information content (AvgIpc) is 3.15. The van der Waals surface area contributed by atoms with E-state index in [1.54, 1.807) is 21.9 Å². The molecule has 4 rings (SSSR count). The van der Waals surface area contributed by atoms with Gasteiger partial charge in [-0.25, -0.2) is 13.8 Å². The van der Waals surface area contributed by atoms with Crippen LogP contribution in [0.2, 0.25) is 0 Å². The highest BCUT2D eigenvalue weighted by atomic mass is 32.1. The summed E-state index contributed by atoms with van der Waals surface area (Å²) < 4.78 is 26.2. The van der Waals surface area contributed by atoms with Crippen LogP contribution in [0.3, 0.4) is 0 Å². The Labute approximate surface area is 182 Å². The Balaban J connectivity index is 1.38. The van der Waals surface area contributed by atoms with Crippen LogP contribution in [0, 0.1) is 18.6 Å². The monoisotopic (exact) mass is 441 g/mol. The largest absolute Gasteiger partial charge is 0.335 e. The van der Waals surface area contributed by atoms with Gasteiger partial charge in [0.15, 0.2) is 0 Å². The van der Waals surface area contributed by atoms with Gasteiger partial charge in [0.05, 0.1) is 10.7 Å². The third kappa shape index (κ3) is 4.80. The molecule has 1 aliphatic rings. The minimum atomic E-state index is -0.384. The molecule has 0 bridgehead atoms. The third-order valence-electron chi connectivity index (χ3n) is 5.25. The number of rotatable bonds is 4. The van der Waals surface area contributed by atoms with Crippen LogP contribution in [-0.4, -0.2) is 52.8 Å². The molecule has 0 spiro atoms. The summed E-state index contributed by atoms with van der Waals surface area (Å²) in [6.45, 7) is 3.50. The Hall–Kier alpha value is -3.13. The van der Waals surface area contributed by atoms with E-state index in [2.05, 4.69) is 4.98 Å². The number of hydrogen-bond acceptors (Lipinski definition) is 4. The normalized spacial score (nSPS) is 14.0. The highest BCUT2D eigenvalue weighted by molar-refractivity contribution is 7.13. The maximum Gasteiger partial charge on any atom is 0.265 e.